The van der Waals surface area contributed by atoms with Gasteiger partial charge in [0.1, 0.15) is 0 Å². The molecule has 0 radical (unpaired) electrons. The molecule has 0 aliphatic heterocycles. The van der Waals surface area contributed by atoms with Gasteiger partial charge < -0.3 is 14.8 Å². The number of hydrogen-bond acceptors (Lipinski definition) is 4. The van der Waals surface area contributed by atoms with Gasteiger partial charge in [0.05, 0.1) is 35.7 Å². The van der Waals surface area contributed by atoms with Gasteiger partial charge in [0.2, 0.25) is 5.91 Å². The summed E-state index contributed by atoms with van der Waals surface area (Å²) in [6, 6.07) is 7.95. The van der Waals surface area contributed by atoms with Crippen molar-refractivity contribution in [3.63, 3.8) is 0 Å². The molecule has 27 heavy (non-hydrogen) atoms. The third-order valence-corrected chi connectivity index (χ3v) is 5.01. The van der Waals surface area contributed by atoms with Crippen LogP contribution >= 0.6 is 23.4 Å². The van der Waals surface area contributed by atoms with Crippen LogP contribution in [0.4, 0.5) is 18.9 Å². The Morgan fingerprint density at radius 2 is 1.78 bits per heavy atom. The molecule has 0 aliphatic carbocycles. The van der Waals surface area contributed by atoms with Crippen molar-refractivity contribution < 1.29 is 27.4 Å². The van der Waals surface area contributed by atoms with Crippen LogP contribution in [0.1, 0.15) is 12.5 Å². The predicted octanol–water partition coefficient (Wildman–Crippen LogP) is 5.50. The van der Waals surface area contributed by atoms with Gasteiger partial charge in [-0.1, -0.05) is 11.6 Å². The molecule has 2 rings (SSSR count). The number of nitrogens with one attached hydrogen (secondary N) is 1. The van der Waals surface area contributed by atoms with Gasteiger partial charge in [-0.25, -0.2) is 0 Å². The van der Waals surface area contributed by atoms with Crippen molar-refractivity contribution in [2.75, 3.05) is 19.5 Å². The molecular weight excluding hydrogens is 403 g/mol. The zero-order chi connectivity index (χ0) is 20.2. The second-order valence-electron chi connectivity index (χ2n) is 5.46. The van der Waals surface area contributed by atoms with E-state index in [0.717, 1.165) is 23.1 Å². The van der Waals surface area contributed by atoms with Crippen LogP contribution < -0.4 is 14.8 Å². The summed E-state index contributed by atoms with van der Waals surface area (Å²) < 4.78 is 48.9. The number of carbonyl (C=O) groups excluding carboxylic acids is 1. The highest BCUT2D eigenvalue weighted by atomic mass is 35.5. The van der Waals surface area contributed by atoms with E-state index in [2.05, 4.69) is 5.32 Å². The lowest BCUT2D eigenvalue weighted by Gasteiger charge is -2.15. The van der Waals surface area contributed by atoms with Crippen molar-refractivity contribution in [2.45, 2.75) is 23.2 Å². The lowest BCUT2D eigenvalue weighted by Crippen LogP contribution is -2.22. The SMILES string of the molecule is COc1ccc(S[C@H](C)C(=O)Nc2cc(C(F)(F)F)ccc2Cl)cc1OC. The van der Waals surface area contributed by atoms with Crippen molar-refractivity contribution >= 4 is 35.0 Å². The van der Waals surface area contributed by atoms with E-state index >= 15 is 0 Å². The number of thioether (sulfide) groups is 1. The quantitative estimate of drug-likeness (QED) is 0.628. The maximum absolute atomic E-state index is 12.8. The van der Waals surface area contributed by atoms with Gasteiger partial charge in [-0.15, -0.1) is 11.8 Å². The molecule has 0 spiro atoms. The number of halogens is 4. The van der Waals surface area contributed by atoms with Gasteiger partial charge in [-0.3, -0.25) is 4.79 Å². The summed E-state index contributed by atoms with van der Waals surface area (Å²) in [6.45, 7) is 1.64. The molecule has 2 aromatic carbocycles. The minimum absolute atomic E-state index is 0.0275. The van der Waals surface area contributed by atoms with E-state index in [1.807, 2.05) is 0 Å². The van der Waals surface area contributed by atoms with Gasteiger partial charge in [0, 0.05) is 4.90 Å². The number of anilines is 1. The van der Waals surface area contributed by atoms with Crippen molar-refractivity contribution in [1.82, 2.24) is 0 Å². The first kappa shape index (κ1) is 21.2. The van der Waals surface area contributed by atoms with Crippen LogP contribution in [-0.4, -0.2) is 25.4 Å². The minimum atomic E-state index is -4.52. The van der Waals surface area contributed by atoms with Crippen LogP contribution in [0.15, 0.2) is 41.3 Å². The van der Waals surface area contributed by atoms with Crippen LogP contribution in [0.25, 0.3) is 0 Å². The second-order valence-corrected chi connectivity index (χ2v) is 7.28. The summed E-state index contributed by atoms with van der Waals surface area (Å²) in [5, 5.41) is 1.88. The Kier molecular flexibility index (Phi) is 6.89. The van der Waals surface area contributed by atoms with Gasteiger partial charge >= 0.3 is 6.18 Å². The number of amides is 1. The van der Waals surface area contributed by atoms with Gasteiger partial charge in [-0.2, -0.15) is 13.2 Å². The van der Waals surface area contributed by atoms with Gasteiger partial charge in [-0.05, 0) is 43.3 Å². The first-order valence-electron chi connectivity index (χ1n) is 7.72. The molecule has 0 heterocycles. The fraction of sp³-hybridized carbons (Fsp3) is 0.278. The Morgan fingerprint density at radius 1 is 1.11 bits per heavy atom. The molecular formula is C18H17ClF3NO3S. The summed E-state index contributed by atoms with van der Waals surface area (Å²) in [5.41, 5.74) is -0.973. The minimum Gasteiger partial charge on any atom is -0.493 e. The Hall–Kier alpha value is -2.06. The maximum atomic E-state index is 12.8. The third kappa shape index (κ3) is 5.46. The van der Waals surface area contributed by atoms with E-state index in [-0.39, 0.29) is 10.7 Å². The topological polar surface area (TPSA) is 47.6 Å². The molecule has 0 unspecified atom stereocenters. The number of carbonyl (C=O) groups is 1. The predicted molar refractivity (Wildman–Crippen MR) is 99.9 cm³/mol. The molecule has 1 N–H and O–H groups in total. The van der Waals surface area contributed by atoms with Gasteiger partial charge in [0.15, 0.2) is 11.5 Å². The highest BCUT2D eigenvalue weighted by molar-refractivity contribution is 8.00. The van der Waals surface area contributed by atoms with E-state index in [4.69, 9.17) is 21.1 Å². The zero-order valence-corrected chi connectivity index (χ0v) is 16.3. The highest BCUT2D eigenvalue weighted by Gasteiger charge is 2.31. The molecule has 146 valence electrons. The molecule has 9 heteroatoms. The Balaban J connectivity index is 2.12. The largest absolute Gasteiger partial charge is 0.493 e. The lowest BCUT2D eigenvalue weighted by atomic mass is 10.2. The Bertz CT molecular complexity index is 830. The van der Waals surface area contributed by atoms with Crippen LogP contribution in [0, 0.1) is 0 Å². The molecule has 4 nitrogen and oxygen atoms in total. The summed E-state index contributed by atoms with van der Waals surface area (Å²) >= 11 is 7.13. The van der Waals surface area contributed by atoms with E-state index < -0.39 is 22.9 Å². The summed E-state index contributed by atoms with van der Waals surface area (Å²) in [7, 11) is 3.01. The molecule has 0 bridgehead atoms. The average Bonchev–Trinajstić information content (AvgIpc) is 2.62. The lowest BCUT2D eigenvalue weighted by molar-refractivity contribution is -0.137. The monoisotopic (exact) mass is 419 g/mol. The molecule has 1 atom stereocenters. The molecule has 0 fully saturated rings. The van der Waals surface area contributed by atoms with Crippen molar-refractivity contribution in [3.8, 4) is 11.5 Å². The maximum Gasteiger partial charge on any atom is 0.416 e. The molecule has 0 saturated carbocycles. The normalized spacial score (nSPS) is 12.4. The molecule has 2 aromatic rings. The summed E-state index contributed by atoms with van der Waals surface area (Å²) in [5.74, 6) is 0.585. The number of benzene rings is 2. The number of rotatable bonds is 6. The smallest absolute Gasteiger partial charge is 0.416 e. The van der Waals surface area contributed by atoms with Crippen LogP contribution in [0.3, 0.4) is 0 Å². The van der Waals surface area contributed by atoms with Gasteiger partial charge in [0.25, 0.3) is 0 Å². The van der Waals surface area contributed by atoms with Crippen LogP contribution in [0.2, 0.25) is 5.02 Å². The van der Waals surface area contributed by atoms with Crippen LogP contribution in [0.5, 0.6) is 11.5 Å². The first-order valence-corrected chi connectivity index (χ1v) is 8.97. The van der Waals surface area contributed by atoms with E-state index in [9.17, 15) is 18.0 Å². The second kappa shape index (κ2) is 8.75. The molecule has 0 aliphatic rings. The molecule has 1 amide bonds. The van der Waals surface area contributed by atoms with Crippen LogP contribution in [-0.2, 0) is 11.0 Å². The average molecular weight is 420 g/mol. The number of alkyl halides is 3. The van der Waals surface area contributed by atoms with E-state index in [0.29, 0.717) is 11.5 Å². The van der Waals surface area contributed by atoms with Crippen molar-refractivity contribution in [1.29, 1.82) is 0 Å². The van der Waals surface area contributed by atoms with Crippen molar-refractivity contribution in [3.05, 3.63) is 47.0 Å². The van der Waals surface area contributed by atoms with Crippen molar-refractivity contribution in [2.24, 2.45) is 0 Å². The highest BCUT2D eigenvalue weighted by Crippen LogP contribution is 2.36. The first-order chi connectivity index (χ1) is 12.7. The van der Waals surface area contributed by atoms with E-state index in [1.165, 1.54) is 26.0 Å². The Labute approximate surface area is 164 Å². The molecule has 0 aromatic heterocycles. The Morgan fingerprint density at radius 3 is 2.37 bits per heavy atom. The third-order valence-electron chi connectivity index (χ3n) is 3.59. The standard InChI is InChI=1S/C18H17ClF3NO3S/c1-10(27-12-5-7-15(25-2)16(9-12)26-3)17(24)23-14-8-11(18(20,21)22)4-6-13(14)19/h4-10H,1-3H3,(H,23,24)/t10-/m1/s1. The zero-order valence-electron chi connectivity index (χ0n) is 14.7. The fourth-order valence-corrected chi connectivity index (χ4v) is 3.24. The fourth-order valence-electron chi connectivity index (χ4n) is 2.18. The summed E-state index contributed by atoms with van der Waals surface area (Å²) in [6.07, 6.45) is -4.52. The molecule has 0 saturated heterocycles. The number of ether oxygens (including phenoxy) is 2. The van der Waals surface area contributed by atoms with E-state index in [1.54, 1.807) is 25.1 Å². The number of methoxy groups -OCH3 is 2. The summed E-state index contributed by atoms with van der Waals surface area (Å²) in [4.78, 5) is 13.1. The number of hydrogen-bond donors (Lipinski definition) is 1.